The van der Waals surface area contributed by atoms with Gasteiger partial charge in [-0.1, -0.05) is 19.9 Å². The van der Waals surface area contributed by atoms with E-state index in [2.05, 4.69) is 18.8 Å². The Bertz CT molecular complexity index is 1040. The Morgan fingerprint density at radius 1 is 1.24 bits per heavy atom. The summed E-state index contributed by atoms with van der Waals surface area (Å²) in [7, 11) is 0. The van der Waals surface area contributed by atoms with Crippen molar-refractivity contribution in [2.75, 3.05) is 6.61 Å². The number of carbonyl (C=O) groups is 3. The normalized spacial score (nSPS) is 41.1. The second-order valence-electron chi connectivity index (χ2n) is 11.2. The number of rotatable bonds is 4. The summed E-state index contributed by atoms with van der Waals surface area (Å²) >= 11 is 0. The minimum atomic E-state index is -0.632. The number of hydrogen-bond acceptors (Lipinski definition) is 7. The molecule has 3 fully saturated rings. The van der Waals surface area contributed by atoms with Gasteiger partial charge < -0.3 is 14.9 Å². The van der Waals surface area contributed by atoms with E-state index in [4.69, 9.17) is 4.74 Å². The highest BCUT2D eigenvalue weighted by molar-refractivity contribution is 5.92. The molecule has 0 aromatic carbocycles. The number of ketones is 2. The molecule has 5 rings (SSSR count). The van der Waals surface area contributed by atoms with E-state index in [1.54, 1.807) is 30.5 Å². The van der Waals surface area contributed by atoms with Crippen LogP contribution in [0.4, 0.5) is 0 Å². The van der Waals surface area contributed by atoms with Gasteiger partial charge in [0.05, 0.1) is 6.10 Å². The molecule has 8 atom stereocenters. The van der Waals surface area contributed by atoms with Gasteiger partial charge in [0.2, 0.25) is 0 Å². The summed E-state index contributed by atoms with van der Waals surface area (Å²) in [6, 6.07) is 5.07. The van der Waals surface area contributed by atoms with E-state index in [0.29, 0.717) is 32.1 Å². The minimum Gasteiger partial charge on any atom is -0.453 e. The number of Topliss-reactive ketones (excluding diaryl/α,β-unsaturated/α-hetero) is 1. The zero-order valence-corrected chi connectivity index (χ0v) is 19.8. The van der Waals surface area contributed by atoms with Gasteiger partial charge in [0.1, 0.15) is 18.4 Å². The van der Waals surface area contributed by atoms with Gasteiger partial charge in [0, 0.05) is 18.5 Å². The highest BCUT2D eigenvalue weighted by atomic mass is 16.5. The van der Waals surface area contributed by atoms with Crippen LogP contribution in [0, 0.1) is 34.5 Å². The van der Waals surface area contributed by atoms with Gasteiger partial charge in [-0.15, -0.1) is 0 Å². The molecule has 0 bridgehead atoms. The van der Waals surface area contributed by atoms with Gasteiger partial charge >= 0.3 is 5.97 Å². The average Bonchev–Trinajstić information content (AvgIpc) is 3.16. The van der Waals surface area contributed by atoms with Crippen molar-refractivity contribution in [3.8, 4) is 0 Å². The third kappa shape index (κ3) is 3.47. The zero-order chi connectivity index (χ0) is 24.3. The fourth-order valence-corrected chi connectivity index (χ4v) is 8.14. The molecule has 4 aliphatic carbocycles. The summed E-state index contributed by atoms with van der Waals surface area (Å²) in [6.45, 7) is 3.70. The summed E-state index contributed by atoms with van der Waals surface area (Å²) in [6.07, 6.45) is 5.55. The molecule has 0 saturated heterocycles. The third-order valence-electron chi connectivity index (χ3n) is 9.55. The van der Waals surface area contributed by atoms with Crippen LogP contribution >= 0.6 is 0 Å². The first-order valence-corrected chi connectivity index (χ1v) is 12.4. The SMILES string of the molecule is C[C@]12CCC(=O)C=C1[C@H](OC(=O)c1ccccn1)C[C@@H]1C2C(O)C[C@@]2(C)C1CC[C@@H]2C(=O)CO. The van der Waals surface area contributed by atoms with Crippen molar-refractivity contribution in [3.63, 3.8) is 0 Å². The summed E-state index contributed by atoms with van der Waals surface area (Å²) in [5, 5.41) is 21.1. The molecule has 0 amide bonds. The predicted molar refractivity (Wildman–Crippen MR) is 123 cm³/mol. The van der Waals surface area contributed by atoms with Crippen LogP contribution in [-0.4, -0.2) is 51.5 Å². The molecule has 7 heteroatoms. The van der Waals surface area contributed by atoms with E-state index in [-0.39, 0.29) is 40.9 Å². The molecule has 2 N–H and O–H groups in total. The first-order valence-electron chi connectivity index (χ1n) is 12.4. The Labute approximate surface area is 199 Å². The van der Waals surface area contributed by atoms with Gasteiger partial charge in [-0.2, -0.15) is 0 Å². The predicted octanol–water partition coefficient (Wildman–Crippen LogP) is 2.90. The number of ether oxygens (including phenoxy) is 1. The standard InChI is InChI=1S/C27H33NO6/c1-26-9-8-15(30)11-19(26)23(34-25(33)20-5-3-4-10-28-20)12-16-17-6-7-18(22(32)14-29)27(17,2)13-21(31)24(16)26/h3-5,10-11,16-18,21,23-24,29,31H,6-9,12-14H2,1-2H3/t16-,17?,18+,21?,23+,24?,26-,27-/m0/s1. The fourth-order valence-electron chi connectivity index (χ4n) is 8.14. The quantitative estimate of drug-likeness (QED) is 0.655. The Balaban J connectivity index is 1.53. The molecule has 3 unspecified atom stereocenters. The topological polar surface area (TPSA) is 114 Å². The molecular formula is C27H33NO6. The lowest BCUT2D eigenvalue weighted by atomic mass is 9.45. The number of aliphatic hydroxyl groups is 2. The summed E-state index contributed by atoms with van der Waals surface area (Å²) < 4.78 is 6.01. The number of pyridine rings is 1. The van der Waals surface area contributed by atoms with Gasteiger partial charge in [-0.25, -0.2) is 9.78 Å². The van der Waals surface area contributed by atoms with E-state index in [1.807, 2.05) is 0 Å². The average molecular weight is 468 g/mol. The molecular weight excluding hydrogens is 434 g/mol. The maximum atomic E-state index is 12.9. The van der Waals surface area contributed by atoms with Crippen molar-refractivity contribution >= 4 is 17.5 Å². The number of esters is 1. The second kappa shape index (κ2) is 8.38. The van der Waals surface area contributed by atoms with Crippen LogP contribution in [0.5, 0.6) is 0 Å². The summed E-state index contributed by atoms with van der Waals surface area (Å²) in [4.78, 5) is 42.1. The summed E-state index contributed by atoms with van der Waals surface area (Å²) in [5.74, 6) is -0.781. The highest BCUT2D eigenvalue weighted by Gasteiger charge is 2.64. The number of fused-ring (bicyclic) bond motifs is 5. The molecule has 7 nitrogen and oxygen atoms in total. The van der Waals surface area contributed by atoms with Crippen molar-refractivity contribution < 1.29 is 29.3 Å². The first-order chi connectivity index (χ1) is 16.2. The van der Waals surface area contributed by atoms with Crippen LogP contribution in [0.15, 0.2) is 36.0 Å². The number of aromatic nitrogens is 1. The van der Waals surface area contributed by atoms with Crippen LogP contribution in [0.2, 0.25) is 0 Å². The van der Waals surface area contributed by atoms with E-state index in [0.717, 1.165) is 12.0 Å². The van der Waals surface area contributed by atoms with Gasteiger partial charge in [0.15, 0.2) is 11.6 Å². The lowest BCUT2D eigenvalue weighted by Crippen LogP contribution is -2.60. The number of carbonyl (C=O) groups excluding carboxylic acids is 3. The van der Waals surface area contributed by atoms with Crippen molar-refractivity contribution in [2.24, 2.45) is 34.5 Å². The molecule has 1 aromatic heterocycles. The Hall–Kier alpha value is -2.38. The van der Waals surface area contributed by atoms with Crippen LogP contribution < -0.4 is 0 Å². The Kier molecular flexibility index (Phi) is 5.76. The van der Waals surface area contributed by atoms with Crippen molar-refractivity contribution in [1.29, 1.82) is 0 Å². The lowest BCUT2D eigenvalue weighted by Gasteiger charge is -2.60. The number of nitrogens with zero attached hydrogens (tertiary/aromatic N) is 1. The van der Waals surface area contributed by atoms with Crippen molar-refractivity contribution in [3.05, 3.63) is 41.7 Å². The first kappa shape index (κ1) is 23.4. The van der Waals surface area contributed by atoms with E-state index < -0.39 is 35.6 Å². The third-order valence-corrected chi connectivity index (χ3v) is 9.55. The largest absolute Gasteiger partial charge is 0.453 e. The van der Waals surface area contributed by atoms with Gasteiger partial charge in [0.25, 0.3) is 0 Å². The molecule has 182 valence electrons. The van der Waals surface area contributed by atoms with Crippen LogP contribution in [0.3, 0.4) is 0 Å². The molecule has 1 heterocycles. The maximum absolute atomic E-state index is 12.9. The molecule has 0 aliphatic heterocycles. The molecule has 4 aliphatic rings. The van der Waals surface area contributed by atoms with E-state index in [1.165, 1.54) is 0 Å². The summed E-state index contributed by atoms with van der Waals surface area (Å²) in [5.41, 5.74) is 0.152. The Morgan fingerprint density at radius 3 is 2.74 bits per heavy atom. The number of hydrogen-bond donors (Lipinski definition) is 2. The van der Waals surface area contributed by atoms with Gasteiger partial charge in [-0.3, -0.25) is 9.59 Å². The molecule has 3 saturated carbocycles. The smallest absolute Gasteiger partial charge is 0.357 e. The lowest BCUT2D eigenvalue weighted by molar-refractivity contribution is -0.154. The fraction of sp³-hybridized carbons (Fsp3) is 0.630. The zero-order valence-electron chi connectivity index (χ0n) is 19.8. The molecule has 0 radical (unpaired) electrons. The van der Waals surface area contributed by atoms with Crippen molar-refractivity contribution in [2.45, 2.75) is 64.6 Å². The molecule has 0 spiro atoms. The van der Waals surface area contributed by atoms with Crippen molar-refractivity contribution in [1.82, 2.24) is 4.98 Å². The number of aliphatic hydroxyl groups excluding tert-OH is 2. The Morgan fingerprint density at radius 2 is 2.03 bits per heavy atom. The minimum absolute atomic E-state index is 0.0226. The highest BCUT2D eigenvalue weighted by Crippen LogP contribution is 2.67. The maximum Gasteiger partial charge on any atom is 0.357 e. The van der Waals surface area contributed by atoms with E-state index >= 15 is 0 Å². The monoisotopic (exact) mass is 467 g/mol. The van der Waals surface area contributed by atoms with Gasteiger partial charge in [-0.05, 0) is 84.5 Å². The molecule has 34 heavy (non-hydrogen) atoms. The van der Waals surface area contributed by atoms with Crippen LogP contribution in [0.25, 0.3) is 0 Å². The molecule has 1 aromatic rings. The van der Waals surface area contributed by atoms with E-state index in [9.17, 15) is 24.6 Å². The van der Waals surface area contributed by atoms with Crippen LogP contribution in [-0.2, 0) is 14.3 Å². The second-order valence-corrected chi connectivity index (χ2v) is 11.2. The van der Waals surface area contributed by atoms with Crippen LogP contribution in [0.1, 0.15) is 62.9 Å².